The van der Waals surface area contributed by atoms with Crippen molar-refractivity contribution >= 4 is 0 Å². The molecule has 60 valence electrons. The highest BCUT2D eigenvalue weighted by Crippen LogP contribution is 2.12. The van der Waals surface area contributed by atoms with E-state index in [0.717, 1.165) is 19.4 Å². The summed E-state index contributed by atoms with van der Waals surface area (Å²) in [6.45, 7) is 3.22. The normalized spacial score (nSPS) is 34.2. The molecule has 0 aromatic heterocycles. The van der Waals surface area contributed by atoms with Gasteiger partial charge in [0.25, 0.3) is 0 Å². The Morgan fingerprint density at radius 1 is 1.70 bits per heavy atom. The van der Waals surface area contributed by atoms with Gasteiger partial charge in [-0.25, -0.2) is 5.90 Å². The fraction of sp³-hybridized carbons (Fsp3) is 1.00. The van der Waals surface area contributed by atoms with Crippen LogP contribution in [0.3, 0.4) is 0 Å². The maximum atomic E-state index is 5.09. The Morgan fingerprint density at radius 2 is 2.50 bits per heavy atom. The molecule has 0 bridgehead atoms. The average molecular weight is 144 g/mol. The van der Waals surface area contributed by atoms with E-state index in [4.69, 9.17) is 10.7 Å². The van der Waals surface area contributed by atoms with Crippen molar-refractivity contribution in [2.24, 2.45) is 5.90 Å². The van der Waals surface area contributed by atoms with E-state index < -0.39 is 0 Å². The van der Waals surface area contributed by atoms with E-state index in [1.54, 1.807) is 0 Å². The Balaban J connectivity index is 2.25. The lowest BCUT2D eigenvalue weighted by Crippen LogP contribution is -2.41. The smallest absolute Gasteiger partial charge is 0.0814 e. The van der Waals surface area contributed by atoms with Crippen LogP contribution in [0.5, 0.6) is 0 Å². The molecule has 3 nitrogen and oxygen atoms in total. The molecule has 0 aromatic carbocycles. The summed E-state index contributed by atoms with van der Waals surface area (Å²) in [5.41, 5.74) is 0. The fourth-order valence-electron chi connectivity index (χ4n) is 1.40. The first-order valence-electron chi connectivity index (χ1n) is 3.95. The van der Waals surface area contributed by atoms with Gasteiger partial charge in [0.2, 0.25) is 0 Å². The summed E-state index contributed by atoms with van der Waals surface area (Å²) in [5, 5.41) is 3.40. The molecule has 1 aliphatic rings. The van der Waals surface area contributed by atoms with E-state index >= 15 is 0 Å². The van der Waals surface area contributed by atoms with Crippen LogP contribution in [-0.4, -0.2) is 18.7 Å². The van der Waals surface area contributed by atoms with Crippen LogP contribution in [-0.2, 0) is 4.84 Å². The molecule has 3 N–H and O–H groups in total. The highest BCUT2D eigenvalue weighted by Gasteiger charge is 2.19. The Labute approximate surface area is 61.9 Å². The molecule has 2 atom stereocenters. The topological polar surface area (TPSA) is 47.3 Å². The number of nitrogens with one attached hydrogen (secondary N) is 1. The van der Waals surface area contributed by atoms with Gasteiger partial charge < -0.3 is 10.2 Å². The first kappa shape index (κ1) is 7.98. The maximum absolute atomic E-state index is 5.09. The summed E-state index contributed by atoms with van der Waals surface area (Å²) in [7, 11) is 0. The molecule has 1 aliphatic heterocycles. The molecule has 0 aromatic rings. The highest BCUT2D eigenvalue weighted by molar-refractivity contribution is 4.76. The third-order valence-corrected chi connectivity index (χ3v) is 2.13. The summed E-state index contributed by atoms with van der Waals surface area (Å²) < 4.78 is 0. The quantitative estimate of drug-likeness (QED) is 0.552. The molecular weight excluding hydrogens is 128 g/mol. The molecule has 3 heteroatoms. The van der Waals surface area contributed by atoms with Crippen LogP contribution >= 0.6 is 0 Å². The largest absolute Gasteiger partial charge is 0.314 e. The Bertz CT molecular complexity index is 87.6. The van der Waals surface area contributed by atoms with Crippen molar-refractivity contribution in [2.45, 2.75) is 38.3 Å². The fourth-order valence-corrected chi connectivity index (χ4v) is 1.40. The van der Waals surface area contributed by atoms with E-state index in [9.17, 15) is 0 Å². The van der Waals surface area contributed by atoms with Crippen LogP contribution in [0.25, 0.3) is 0 Å². The molecule has 0 unspecified atom stereocenters. The number of rotatable bonds is 2. The van der Waals surface area contributed by atoms with Gasteiger partial charge in [-0.15, -0.1) is 0 Å². The van der Waals surface area contributed by atoms with Crippen molar-refractivity contribution in [3.63, 3.8) is 0 Å². The lowest BCUT2D eigenvalue weighted by atomic mass is 10.0. The van der Waals surface area contributed by atoms with Crippen molar-refractivity contribution in [3.8, 4) is 0 Å². The minimum atomic E-state index is 0.284. The van der Waals surface area contributed by atoms with Crippen LogP contribution in [0, 0.1) is 0 Å². The second-order valence-corrected chi connectivity index (χ2v) is 2.84. The Kier molecular flexibility index (Phi) is 3.12. The molecule has 1 fully saturated rings. The third-order valence-electron chi connectivity index (χ3n) is 2.13. The molecule has 1 heterocycles. The van der Waals surface area contributed by atoms with Gasteiger partial charge in [-0.05, 0) is 25.8 Å². The van der Waals surface area contributed by atoms with E-state index in [-0.39, 0.29) is 6.10 Å². The van der Waals surface area contributed by atoms with Gasteiger partial charge in [0.05, 0.1) is 6.10 Å². The molecule has 0 radical (unpaired) electrons. The summed E-state index contributed by atoms with van der Waals surface area (Å²) in [6.07, 6.45) is 3.56. The molecule has 10 heavy (non-hydrogen) atoms. The molecule has 0 amide bonds. The van der Waals surface area contributed by atoms with Crippen molar-refractivity contribution in [1.82, 2.24) is 5.32 Å². The first-order valence-corrected chi connectivity index (χ1v) is 3.95. The van der Waals surface area contributed by atoms with E-state index in [1.165, 1.54) is 6.42 Å². The van der Waals surface area contributed by atoms with E-state index in [2.05, 4.69) is 12.2 Å². The van der Waals surface area contributed by atoms with Crippen molar-refractivity contribution in [2.75, 3.05) is 6.54 Å². The van der Waals surface area contributed by atoms with Crippen molar-refractivity contribution in [1.29, 1.82) is 0 Å². The monoisotopic (exact) mass is 144 g/mol. The summed E-state index contributed by atoms with van der Waals surface area (Å²) >= 11 is 0. The minimum absolute atomic E-state index is 0.284. The standard InChI is InChI=1S/C7H16N2O/c1-2-6-5-7(10-8)3-4-9-6/h6-7,9H,2-5,8H2,1H3/t6-,7-/m1/s1. The zero-order valence-corrected chi connectivity index (χ0v) is 6.47. The molecule has 0 spiro atoms. The second kappa shape index (κ2) is 3.91. The third kappa shape index (κ3) is 1.94. The van der Waals surface area contributed by atoms with Gasteiger partial charge in [0.1, 0.15) is 0 Å². The Morgan fingerprint density at radius 3 is 3.10 bits per heavy atom. The lowest BCUT2D eigenvalue weighted by molar-refractivity contribution is 0.0209. The Hall–Kier alpha value is -0.120. The van der Waals surface area contributed by atoms with Crippen LogP contribution in [0.2, 0.25) is 0 Å². The van der Waals surface area contributed by atoms with Crippen LogP contribution < -0.4 is 11.2 Å². The zero-order valence-electron chi connectivity index (χ0n) is 6.47. The predicted molar refractivity (Wildman–Crippen MR) is 40.4 cm³/mol. The van der Waals surface area contributed by atoms with E-state index in [1.807, 2.05) is 0 Å². The highest BCUT2D eigenvalue weighted by atomic mass is 16.6. The van der Waals surface area contributed by atoms with Crippen LogP contribution in [0.15, 0.2) is 0 Å². The van der Waals surface area contributed by atoms with Gasteiger partial charge in [0, 0.05) is 6.04 Å². The average Bonchev–Trinajstić information content (AvgIpc) is 2.05. The maximum Gasteiger partial charge on any atom is 0.0814 e. The van der Waals surface area contributed by atoms with Gasteiger partial charge in [-0.2, -0.15) is 0 Å². The molecule has 1 saturated heterocycles. The molecule has 0 aliphatic carbocycles. The molecule has 1 rings (SSSR count). The predicted octanol–water partition coefficient (Wildman–Crippen LogP) is 0.407. The number of piperidine rings is 1. The van der Waals surface area contributed by atoms with Crippen molar-refractivity contribution in [3.05, 3.63) is 0 Å². The van der Waals surface area contributed by atoms with E-state index in [0.29, 0.717) is 6.04 Å². The molecular formula is C7H16N2O. The van der Waals surface area contributed by atoms with Crippen LogP contribution in [0.1, 0.15) is 26.2 Å². The second-order valence-electron chi connectivity index (χ2n) is 2.84. The van der Waals surface area contributed by atoms with Gasteiger partial charge in [0.15, 0.2) is 0 Å². The summed E-state index contributed by atoms with van der Waals surface area (Å²) in [5.74, 6) is 5.09. The summed E-state index contributed by atoms with van der Waals surface area (Å²) in [4.78, 5) is 4.78. The first-order chi connectivity index (χ1) is 4.86. The summed E-state index contributed by atoms with van der Waals surface area (Å²) in [6, 6.07) is 0.613. The lowest BCUT2D eigenvalue weighted by Gasteiger charge is -2.27. The number of hydrogen-bond acceptors (Lipinski definition) is 3. The minimum Gasteiger partial charge on any atom is -0.314 e. The number of hydrogen-bond donors (Lipinski definition) is 2. The van der Waals surface area contributed by atoms with Crippen molar-refractivity contribution < 1.29 is 4.84 Å². The van der Waals surface area contributed by atoms with Gasteiger partial charge in [-0.1, -0.05) is 6.92 Å². The zero-order chi connectivity index (χ0) is 7.40. The van der Waals surface area contributed by atoms with Crippen LogP contribution in [0.4, 0.5) is 0 Å². The SMILES string of the molecule is CC[C@@H]1C[C@H](ON)CCN1. The number of nitrogens with two attached hydrogens (primary N) is 1. The van der Waals surface area contributed by atoms with Gasteiger partial charge in [-0.3, -0.25) is 0 Å². The molecule has 0 saturated carbocycles. The van der Waals surface area contributed by atoms with Gasteiger partial charge >= 0.3 is 0 Å².